The maximum Gasteiger partial charge on any atom is 0.331 e. The third-order valence-corrected chi connectivity index (χ3v) is 25.5. The number of allylic oxidation sites excluding steroid dienone is 1. The van der Waals surface area contributed by atoms with Crippen LogP contribution in [0, 0.1) is 50.2 Å². The molecule has 19 N–H and O–H groups in total. The molecule has 5 aliphatic carbocycles. The second kappa shape index (κ2) is 31.1. The van der Waals surface area contributed by atoms with Crippen LogP contribution in [0.1, 0.15) is 92.6 Å². The van der Waals surface area contributed by atoms with Crippen molar-refractivity contribution >= 4 is 18.0 Å². The topological polar surface area (TPSA) is 529 Å². The lowest BCUT2D eigenvalue weighted by Crippen LogP contribution is -2.76. The Morgan fingerprint density at radius 2 is 1.09 bits per heavy atom. The minimum Gasteiger partial charge on any atom is -0.458 e. The maximum absolute atomic E-state index is 13.8. The van der Waals surface area contributed by atoms with Crippen LogP contribution in [0.3, 0.4) is 0 Å². The average Bonchev–Trinajstić information content (AvgIpc) is 0.660. The zero-order valence-corrected chi connectivity index (χ0v) is 58.5. The fraction of sp³-hybridized carbons (Fsp3) is 0.829. The standard InChI is InChI=1S/C70H106O33/c1-29(76)94-59-58(100-41(78)16-13-30-11-9-8-10-12-30)65(2,3)21-32-31-14-15-39-66(4)19-18-40(67(5,27-74)38(66)17-20-68(39,6)69(31,7)56(90)57(91)70(32,59)28-75)99-64-55(103-63-50(87)47(84)44(81)36(24-73)97-63)51(88)54(102-62-49(86)46(83)43(80)35(23-72)96-62)37(98-64)26-93-60-52(89)53(33(77)25-92-60)101-61-48(85)45(82)42(79)34(22-71)95-61/h8-14,16,32-40,42-64,71-75,77,79-91H,15,17-28H2,1-7H3/b16-13+/t32?,33-,34+,35+,36+,37+,38?,39+,40-,42+,43+,44+,45-,46-,47-,48+,49+,50+,51-,52+,53-,54+,55+,56-,57+,58-,59-,60-,61-,62-,63-,64-,66-,67-,68+,69-,70-/m0/s1. The number of hydrogen-bond acceptors (Lipinski definition) is 33. The van der Waals surface area contributed by atoms with Crippen molar-refractivity contribution in [1.82, 2.24) is 0 Å². The average molecular weight is 1480 g/mol. The van der Waals surface area contributed by atoms with E-state index < -0.39 is 280 Å². The second-order valence-corrected chi connectivity index (χ2v) is 31.5. The van der Waals surface area contributed by atoms with Gasteiger partial charge in [-0.2, -0.15) is 0 Å². The fourth-order valence-electron chi connectivity index (χ4n) is 19.5. The third-order valence-electron chi connectivity index (χ3n) is 25.5. The van der Waals surface area contributed by atoms with Gasteiger partial charge in [0.05, 0.1) is 70.0 Å². The molecule has 0 aromatic heterocycles. The quantitative estimate of drug-likeness (QED) is 0.0251. The number of carbonyl (C=O) groups is 2. The molecule has 11 rings (SSSR count). The Hall–Kier alpha value is -3.52. The van der Waals surface area contributed by atoms with E-state index in [-0.39, 0.29) is 18.8 Å². The molecule has 33 heteroatoms. The van der Waals surface area contributed by atoms with Gasteiger partial charge in [-0.3, -0.25) is 4.79 Å². The molecule has 10 aliphatic rings. The summed E-state index contributed by atoms with van der Waals surface area (Å²) in [7, 11) is 0. The molecule has 584 valence electrons. The van der Waals surface area contributed by atoms with Crippen LogP contribution in [0.5, 0.6) is 0 Å². The van der Waals surface area contributed by atoms with Crippen molar-refractivity contribution in [3.8, 4) is 0 Å². The molecule has 5 saturated heterocycles. The van der Waals surface area contributed by atoms with Gasteiger partial charge >= 0.3 is 11.9 Å². The van der Waals surface area contributed by atoms with Crippen LogP contribution in [0.25, 0.3) is 6.08 Å². The maximum atomic E-state index is 13.8. The van der Waals surface area contributed by atoms with Gasteiger partial charge in [0.1, 0.15) is 122 Å². The van der Waals surface area contributed by atoms with E-state index in [4.69, 9.17) is 56.8 Å². The summed E-state index contributed by atoms with van der Waals surface area (Å²) in [6, 6.07) is 9.02. The van der Waals surface area contributed by atoms with Crippen LogP contribution in [0.4, 0.5) is 0 Å². The Kier molecular flexibility index (Phi) is 24.3. The number of aliphatic hydroxyl groups is 19. The summed E-state index contributed by atoms with van der Waals surface area (Å²) in [5.74, 6) is -3.09. The number of benzene rings is 1. The van der Waals surface area contributed by atoms with Crippen molar-refractivity contribution in [3.05, 3.63) is 53.6 Å². The first-order chi connectivity index (χ1) is 48.6. The molecule has 1 aromatic rings. The number of ether oxygens (including phenoxy) is 12. The molecule has 0 bridgehead atoms. The fourth-order valence-corrected chi connectivity index (χ4v) is 19.5. The van der Waals surface area contributed by atoms with Gasteiger partial charge in [0.15, 0.2) is 37.6 Å². The minimum absolute atomic E-state index is 0.110. The minimum atomic E-state index is -2.19. The lowest BCUT2D eigenvalue weighted by Gasteiger charge is -2.73. The molecule has 0 radical (unpaired) electrons. The number of esters is 2. The molecule has 4 saturated carbocycles. The highest BCUT2D eigenvalue weighted by atomic mass is 16.8. The molecule has 0 amide bonds. The van der Waals surface area contributed by atoms with Gasteiger partial charge in [-0.1, -0.05) is 83.5 Å². The Morgan fingerprint density at radius 3 is 1.62 bits per heavy atom. The SMILES string of the molecule is CC(=O)O[C@H]1[C@H](OC(=O)/C=C/c2ccccc2)C(C)(C)CC2C3=CC[C@@H]4[C@@]5(C)CC[C@H](O[C@@H]6O[C@H](CO[C@@H]7OC[C@H](O)[C@H](O[C@@H]8O[C@H](CO)[C@@H](O)[C@H](O)[C@H]8O)[C@H]7O)[C@@H](O[C@@H]7O[C@H](CO)[C@@H](O)[C@H](O)[C@H]7O)[C@H](O)[C@H]6O[C@@H]6O[C@H](CO)[C@@H](O)[C@H](O)[C@H]6O)[C@@](C)(CO)C5CC[C@@]4(C)[C@]3(C)[C@@H](O)[C@@H](O)[C@]21CO. The highest BCUT2D eigenvalue weighted by Gasteiger charge is 2.77. The second-order valence-electron chi connectivity index (χ2n) is 31.5. The summed E-state index contributed by atoms with van der Waals surface area (Å²) >= 11 is 0. The molecular weight excluding hydrogens is 1370 g/mol. The molecule has 33 nitrogen and oxygen atoms in total. The normalized spacial score (nSPS) is 50.6. The molecule has 2 unspecified atom stereocenters. The van der Waals surface area contributed by atoms with E-state index >= 15 is 0 Å². The molecule has 103 heavy (non-hydrogen) atoms. The molecule has 5 heterocycles. The first kappa shape index (κ1) is 80.5. The Balaban J connectivity index is 0.910. The Morgan fingerprint density at radius 1 is 0.544 bits per heavy atom. The lowest BCUT2D eigenvalue weighted by molar-refractivity contribution is -0.400. The third kappa shape index (κ3) is 13.9. The molecular formula is C70H106O33. The van der Waals surface area contributed by atoms with E-state index in [1.54, 1.807) is 37.3 Å². The van der Waals surface area contributed by atoms with Gasteiger partial charge in [-0.15, -0.1) is 0 Å². The monoisotopic (exact) mass is 1470 g/mol. The first-order valence-corrected chi connectivity index (χ1v) is 35.4. The van der Waals surface area contributed by atoms with Crippen molar-refractivity contribution in [2.45, 2.75) is 265 Å². The van der Waals surface area contributed by atoms with Gasteiger partial charge < -0.3 is 154 Å². The Labute approximate surface area is 594 Å². The van der Waals surface area contributed by atoms with E-state index in [9.17, 15) is 107 Å². The molecule has 37 atom stereocenters. The summed E-state index contributed by atoms with van der Waals surface area (Å²) in [6.07, 6.45) is -46.0. The number of carbonyl (C=O) groups excluding carboxylic acids is 2. The van der Waals surface area contributed by atoms with Crippen LogP contribution in [-0.2, 0) is 66.4 Å². The van der Waals surface area contributed by atoms with E-state index in [1.165, 1.54) is 13.0 Å². The zero-order valence-electron chi connectivity index (χ0n) is 58.5. The van der Waals surface area contributed by atoms with Crippen molar-refractivity contribution < 1.29 is 163 Å². The van der Waals surface area contributed by atoms with Crippen LogP contribution in [0.2, 0.25) is 0 Å². The predicted octanol–water partition coefficient (Wildman–Crippen LogP) is -5.41. The van der Waals surface area contributed by atoms with Crippen LogP contribution >= 0.6 is 0 Å². The number of fused-ring (bicyclic) bond motifs is 7. The zero-order chi connectivity index (χ0) is 75.1. The summed E-state index contributed by atoms with van der Waals surface area (Å²) in [6.45, 7) is 7.26. The molecule has 9 fully saturated rings. The number of hydrogen-bond donors (Lipinski definition) is 19. The van der Waals surface area contributed by atoms with E-state index in [0.717, 1.165) is 5.57 Å². The molecule has 1 aromatic carbocycles. The smallest absolute Gasteiger partial charge is 0.331 e. The number of aliphatic hydroxyl groups excluding tert-OH is 19. The van der Waals surface area contributed by atoms with Gasteiger partial charge in [-0.25, -0.2) is 4.79 Å². The van der Waals surface area contributed by atoms with E-state index in [1.807, 2.05) is 26.8 Å². The van der Waals surface area contributed by atoms with E-state index in [2.05, 4.69) is 19.9 Å². The van der Waals surface area contributed by atoms with Crippen molar-refractivity contribution in [1.29, 1.82) is 0 Å². The lowest BCUT2D eigenvalue weighted by atomic mass is 9.32. The van der Waals surface area contributed by atoms with Crippen molar-refractivity contribution in [3.63, 3.8) is 0 Å². The predicted molar refractivity (Wildman–Crippen MR) is 345 cm³/mol. The van der Waals surface area contributed by atoms with Gasteiger partial charge in [0, 0.05) is 29.2 Å². The summed E-state index contributed by atoms with van der Waals surface area (Å²) in [5.41, 5.74) is -5.48. The van der Waals surface area contributed by atoms with Gasteiger partial charge in [0.2, 0.25) is 0 Å². The van der Waals surface area contributed by atoms with Crippen molar-refractivity contribution in [2.75, 3.05) is 46.2 Å². The van der Waals surface area contributed by atoms with Crippen molar-refractivity contribution in [2.24, 2.45) is 50.2 Å². The van der Waals surface area contributed by atoms with Gasteiger partial charge in [0.25, 0.3) is 0 Å². The molecule has 0 spiro atoms. The van der Waals surface area contributed by atoms with E-state index in [0.29, 0.717) is 31.2 Å². The first-order valence-electron chi connectivity index (χ1n) is 35.4. The van der Waals surface area contributed by atoms with Crippen LogP contribution < -0.4 is 0 Å². The summed E-state index contributed by atoms with van der Waals surface area (Å²) in [5, 5.41) is 214. The Bertz CT molecular complexity index is 3110. The molecule has 5 aliphatic heterocycles. The largest absolute Gasteiger partial charge is 0.458 e. The van der Waals surface area contributed by atoms with Crippen LogP contribution in [-0.4, -0.2) is 333 Å². The highest BCUT2D eigenvalue weighted by molar-refractivity contribution is 5.87. The summed E-state index contributed by atoms with van der Waals surface area (Å²) in [4.78, 5) is 27.0. The summed E-state index contributed by atoms with van der Waals surface area (Å²) < 4.78 is 73.2. The number of rotatable bonds is 20. The van der Waals surface area contributed by atoms with Gasteiger partial charge in [-0.05, 0) is 78.7 Å². The highest BCUT2D eigenvalue weighted by Crippen LogP contribution is 2.76. The van der Waals surface area contributed by atoms with Crippen LogP contribution in [0.15, 0.2) is 48.1 Å².